The maximum atomic E-state index is 12.8. The van der Waals surface area contributed by atoms with Crippen molar-refractivity contribution in [1.82, 2.24) is 0 Å². The first-order valence-corrected chi connectivity index (χ1v) is 11.1. The maximum absolute atomic E-state index is 12.8. The third kappa shape index (κ3) is 5.82. The van der Waals surface area contributed by atoms with Crippen molar-refractivity contribution in [1.29, 1.82) is 0 Å². The molecule has 0 aliphatic carbocycles. The smallest absolute Gasteiger partial charge is 0.263 e. The van der Waals surface area contributed by atoms with Crippen LogP contribution in [0.2, 0.25) is 0 Å². The van der Waals surface area contributed by atoms with E-state index in [1.165, 1.54) is 26.0 Å². The third-order valence-electron chi connectivity index (χ3n) is 4.62. The van der Waals surface area contributed by atoms with E-state index >= 15 is 0 Å². The molecule has 0 aliphatic rings. The van der Waals surface area contributed by atoms with Gasteiger partial charge in [-0.2, -0.15) is 0 Å². The molecule has 1 N–H and O–H groups in total. The number of benzene rings is 3. The highest BCUT2D eigenvalue weighted by atomic mass is 32.2. The van der Waals surface area contributed by atoms with Gasteiger partial charge >= 0.3 is 0 Å². The number of Topliss-reactive ketones (excluding diaryl/α,β-unsaturated/α-hetero) is 1. The van der Waals surface area contributed by atoms with Crippen LogP contribution in [0.3, 0.4) is 0 Å². The van der Waals surface area contributed by atoms with Crippen LogP contribution in [0.1, 0.15) is 27.6 Å². The summed E-state index contributed by atoms with van der Waals surface area (Å²) in [5.74, 6) is 1.64. The van der Waals surface area contributed by atoms with E-state index < -0.39 is 0 Å². The van der Waals surface area contributed by atoms with Crippen LogP contribution in [0, 0.1) is 0 Å². The molecule has 0 saturated heterocycles. The third-order valence-corrected chi connectivity index (χ3v) is 5.64. The SMILES string of the molecule is CCOc1ccc(C(=O)CSc2ccc(NC(=O)c3c(OC)cccc3OC)cc2)cc1. The molecule has 0 fully saturated rings. The summed E-state index contributed by atoms with van der Waals surface area (Å²) >= 11 is 1.44. The normalized spacial score (nSPS) is 10.3. The summed E-state index contributed by atoms with van der Waals surface area (Å²) in [6.45, 7) is 2.51. The summed E-state index contributed by atoms with van der Waals surface area (Å²) in [5, 5.41) is 2.85. The van der Waals surface area contributed by atoms with Crippen molar-refractivity contribution in [3.05, 3.63) is 77.9 Å². The number of anilines is 1. The number of ketones is 1. The molecule has 1 amide bonds. The molecule has 3 aromatic rings. The van der Waals surface area contributed by atoms with Gasteiger partial charge in [0.25, 0.3) is 5.91 Å². The van der Waals surface area contributed by atoms with Crippen molar-refractivity contribution < 1.29 is 23.8 Å². The van der Waals surface area contributed by atoms with Crippen molar-refractivity contribution in [3.63, 3.8) is 0 Å². The molecule has 0 aliphatic heterocycles. The fourth-order valence-corrected chi connectivity index (χ4v) is 3.83. The van der Waals surface area contributed by atoms with Gasteiger partial charge in [0, 0.05) is 16.1 Å². The highest BCUT2D eigenvalue weighted by Crippen LogP contribution is 2.29. The standard InChI is InChI=1S/C25H25NO5S/c1-4-31-19-12-8-17(9-13-19)21(27)16-32-20-14-10-18(11-15-20)26-25(28)24-22(29-2)6-5-7-23(24)30-3/h5-15H,4,16H2,1-3H3,(H,26,28). The number of rotatable bonds is 10. The number of methoxy groups -OCH3 is 2. The van der Waals surface area contributed by atoms with Crippen molar-refractivity contribution in [2.45, 2.75) is 11.8 Å². The van der Waals surface area contributed by atoms with Gasteiger partial charge in [0.15, 0.2) is 5.78 Å². The molecule has 7 heteroatoms. The lowest BCUT2D eigenvalue weighted by Crippen LogP contribution is -2.14. The predicted molar refractivity (Wildman–Crippen MR) is 127 cm³/mol. The van der Waals surface area contributed by atoms with E-state index in [0.29, 0.717) is 40.7 Å². The first kappa shape index (κ1) is 23.2. The first-order chi connectivity index (χ1) is 15.5. The molecule has 0 radical (unpaired) electrons. The molecule has 6 nitrogen and oxygen atoms in total. The molecule has 166 valence electrons. The Morgan fingerprint density at radius 3 is 2.06 bits per heavy atom. The lowest BCUT2D eigenvalue weighted by Gasteiger charge is -2.13. The van der Waals surface area contributed by atoms with Crippen LogP contribution in [-0.2, 0) is 0 Å². The summed E-state index contributed by atoms with van der Waals surface area (Å²) in [6.07, 6.45) is 0. The molecule has 0 bridgehead atoms. The van der Waals surface area contributed by atoms with Crippen LogP contribution in [0.15, 0.2) is 71.6 Å². The number of carbonyl (C=O) groups excluding carboxylic acids is 2. The minimum Gasteiger partial charge on any atom is -0.496 e. The molecule has 0 spiro atoms. The minimum absolute atomic E-state index is 0.0405. The zero-order valence-electron chi connectivity index (χ0n) is 18.2. The number of ether oxygens (including phenoxy) is 3. The van der Waals surface area contributed by atoms with Crippen LogP contribution in [0.4, 0.5) is 5.69 Å². The van der Waals surface area contributed by atoms with Crippen molar-refractivity contribution >= 4 is 29.1 Å². The monoisotopic (exact) mass is 451 g/mol. The summed E-state index contributed by atoms with van der Waals surface area (Å²) in [4.78, 5) is 26.1. The van der Waals surface area contributed by atoms with Crippen LogP contribution in [-0.4, -0.2) is 38.3 Å². The lowest BCUT2D eigenvalue weighted by atomic mass is 10.1. The molecular formula is C25H25NO5S. The molecule has 0 atom stereocenters. The molecule has 0 unspecified atom stereocenters. The topological polar surface area (TPSA) is 73.9 Å². The van der Waals surface area contributed by atoms with Gasteiger partial charge in [0.1, 0.15) is 22.8 Å². The van der Waals surface area contributed by atoms with E-state index in [0.717, 1.165) is 10.6 Å². The fraction of sp³-hybridized carbons (Fsp3) is 0.200. The van der Waals surface area contributed by atoms with E-state index in [-0.39, 0.29) is 11.7 Å². The number of hydrogen-bond acceptors (Lipinski definition) is 6. The van der Waals surface area contributed by atoms with Gasteiger partial charge in [-0.1, -0.05) is 6.07 Å². The molecule has 3 rings (SSSR count). The number of hydrogen-bond donors (Lipinski definition) is 1. The van der Waals surface area contributed by atoms with Crippen LogP contribution >= 0.6 is 11.8 Å². The number of thioether (sulfide) groups is 1. The van der Waals surface area contributed by atoms with Crippen molar-refractivity contribution in [2.75, 3.05) is 31.9 Å². The van der Waals surface area contributed by atoms with Gasteiger partial charge in [-0.05, 0) is 67.6 Å². The second-order valence-electron chi connectivity index (χ2n) is 6.69. The fourth-order valence-electron chi connectivity index (χ4n) is 3.04. The Morgan fingerprint density at radius 1 is 0.875 bits per heavy atom. The van der Waals surface area contributed by atoms with Crippen LogP contribution in [0.5, 0.6) is 17.2 Å². The zero-order chi connectivity index (χ0) is 22.9. The van der Waals surface area contributed by atoms with Gasteiger partial charge < -0.3 is 19.5 Å². The van der Waals surface area contributed by atoms with Gasteiger partial charge in [0.05, 0.1) is 26.6 Å². The second-order valence-corrected chi connectivity index (χ2v) is 7.73. The van der Waals surface area contributed by atoms with E-state index in [1.807, 2.05) is 19.1 Å². The van der Waals surface area contributed by atoms with Crippen molar-refractivity contribution in [3.8, 4) is 17.2 Å². The predicted octanol–water partition coefficient (Wildman–Crippen LogP) is 5.33. The average molecular weight is 452 g/mol. The van der Waals surface area contributed by atoms with E-state index in [1.54, 1.807) is 54.6 Å². The molecule has 0 aromatic heterocycles. The molecular weight excluding hydrogens is 426 g/mol. The van der Waals surface area contributed by atoms with E-state index in [4.69, 9.17) is 14.2 Å². The number of carbonyl (C=O) groups is 2. The minimum atomic E-state index is -0.328. The molecule has 32 heavy (non-hydrogen) atoms. The zero-order valence-corrected chi connectivity index (χ0v) is 19.0. The lowest BCUT2D eigenvalue weighted by molar-refractivity contribution is 0.101. The van der Waals surface area contributed by atoms with Gasteiger partial charge in [-0.3, -0.25) is 9.59 Å². The van der Waals surface area contributed by atoms with Crippen LogP contribution in [0.25, 0.3) is 0 Å². The Morgan fingerprint density at radius 2 is 1.50 bits per heavy atom. The Bertz CT molecular complexity index is 1040. The quantitative estimate of drug-likeness (QED) is 0.332. The van der Waals surface area contributed by atoms with Gasteiger partial charge in [-0.15, -0.1) is 11.8 Å². The summed E-state index contributed by atoms with van der Waals surface area (Å²) in [5.41, 5.74) is 1.61. The maximum Gasteiger partial charge on any atom is 0.263 e. The molecule has 3 aromatic carbocycles. The Kier molecular flexibility index (Phi) is 8.16. The largest absolute Gasteiger partial charge is 0.496 e. The summed E-state index contributed by atoms with van der Waals surface area (Å²) in [6, 6.07) is 19.7. The van der Waals surface area contributed by atoms with Crippen molar-refractivity contribution in [2.24, 2.45) is 0 Å². The van der Waals surface area contributed by atoms with Gasteiger partial charge in [0.2, 0.25) is 0 Å². The number of amides is 1. The van der Waals surface area contributed by atoms with Gasteiger partial charge in [-0.25, -0.2) is 0 Å². The summed E-state index contributed by atoms with van der Waals surface area (Å²) in [7, 11) is 3.01. The summed E-state index contributed by atoms with van der Waals surface area (Å²) < 4.78 is 16.0. The van der Waals surface area contributed by atoms with E-state index in [9.17, 15) is 9.59 Å². The van der Waals surface area contributed by atoms with Crippen LogP contribution < -0.4 is 19.5 Å². The molecule has 0 heterocycles. The first-order valence-electron chi connectivity index (χ1n) is 10.1. The average Bonchev–Trinajstić information content (AvgIpc) is 2.83. The second kappa shape index (κ2) is 11.2. The Labute approximate surface area is 191 Å². The number of nitrogens with one attached hydrogen (secondary N) is 1. The Hall–Kier alpha value is -3.45. The highest BCUT2D eigenvalue weighted by Gasteiger charge is 2.18. The van der Waals surface area contributed by atoms with E-state index in [2.05, 4.69) is 5.32 Å². The Balaban J connectivity index is 1.59. The highest BCUT2D eigenvalue weighted by molar-refractivity contribution is 8.00. The molecule has 0 saturated carbocycles.